The van der Waals surface area contributed by atoms with E-state index in [1.54, 1.807) is 0 Å². The van der Waals surface area contributed by atoms with Gasteiger partial charge in [0.2, 0.25) is 0 Å². The number of likely N-dealkylation sites (N-methyl/N-ethyl adjacent to an activating group) is 1. The average molecular weight is 462 g/mol. The van der Waals surface area contributed by atoms with Crippen LogP contribution in [0.1, 0.15) is 54.4 Å². The van der Waals surface area contributed by atoms with Crippen molar-refractivity contribution in [2.75, 3.05) is 44.2 Å². The van der Waals surface area contributed by atoms with E-state index in [0.717, 1.165) is 57.4 Å². The van der Waals surface area contributed by atoms with Crippen molar-refractivity contribution in [3.8, 4) is 0 Å². The highest BCUT2D eigenvalue weighted by Crippen LogP contribution is 2.39. The van der Waals surface area contributed by atoms with Gasteiger partial charge in [0.05, 0.1) is 5.39 Å². The van der Waals surface area contributed by atoms with Crippen LogP contribution in [0.2, 0.25) is 0 Å². The van der Waals surface area contributed by atoms with Gasteiger partial charge in [-0.05, 0) is 36.9 Å². The second kappa shape index (κ2) is 9.32. The zero-order chi connectivity index (χ0) is 22.2. The number of benzene rings is 1. The fraction of sp³-hybridized carbons (Fsp3) is 0.556. The molecule has 0 atom stereocenters. The molecular weight excluding hydrogens is 426 g/mol. The van der Waals surface area contributed by atoms with Crippen LogP contribution in [0.5, 0.6) is 0 Å². The van der Waals surface area contributed by atoms with Crippen molar-refractivity contribution in [1.82, 2.24) is 19.8 Å². The molecule has 0 bridgehead atoms. The second-order valence-electron chi connectivity index (χ2n) is 9.89. The number of rotatable bonds is 5. The highest BCUT2D eigenvalue weighted by atomic mass is 32.1. The Morgan fingerprint density at radius 3 is 2.52 bits per heavy atom. The lowest BCUT2D eigenvalue weighted by Crippen LogP contribution is -2.50. The van der Waals surface area contributed by atoms with Crippen LogP contribution in [0, 0.1) is 0 Å². The third kappa shape index (κ3) is 4.29. The molecule has 3 aliphatic rings. The summed E-state index contributed by atoms with van der Waals surface area (Å²) in [5, 5.41) is 1.36. The number of hydrogen-bond acceptors (Lipinski definition) is 6. The molecule has 174 valence electrons. The smallest absolute Gasteiger partial charge is 0.141 e. The lowest BCUT2D eigenvalue weighted by atomic mass is 10.0. The zero-order valence-electron chi connectivity index (χ0n) is 19.8. The van der Waals surface area contributed by atoms with Crippen molar-refractivity contribution < 1.29 is 0 Å². The van der Waals surface area contributed by atoms with Gasteiger partial charge in [0.15, 0.2) is 0 Å². The normalized spacial score (nSPS) is 20.6. The maximum absolute atomic E-state index is 5.25. The number of nitrogens with zero attached hydrogens (tertiary/aromatic N) is 5. The van der Waals surface area contributed by atoms with E-state index >= 15 is 0 Å². The van der Waals surface area contributed by atoms with Gasteiger partial charge < -0.3 is 4.90 Å². The Hall–Kier alpha value is -2.02. The maximum Gasteiger partial charge on any atom is 0.141 e. The molecule has 2 aromatic heterocycles. The topological polar surface area (TPSA) is 35.5 Å². The minimum Gasteiger partial charge on any atom is -0.353 e. The molecule has 0 N–H and O–H groups in total. The van der Waals surface area contributed by atoms with Gasteiger partial charge in [-0.2, -0.15) is 0 Å². The number of piperazine rings is 1. The van der Waals surface area contributed by atoms with E-state index in [2.05, 4.69) is 52.0 Å². The molecule has 0 unspecified atom stereocenters. The minimum atomic E-state index is 0.801. The van der Waals surface area contributed by atoms with Gasteiger partial charge in [0.1, 0.15) is 16.5 Å². The van der Waals surface area contributed by atoms with E-state index < -0.39 is 0 Å². The van der Waals surface area contributed by atoms with E-state index in [1.165, 1.54) is 70.8 Å². The molecule has 3 aromatic rings. The van der Waals surface area contributed by atoms with Crippen LogP contribution in [0.25, 0.3) is 10.2 Å². The summed E-state index contributed by atoms with van der Waals surface area (Å²) in [7, 11) is 0. The first-order chi connectivity index (χ1) is 16.3. The van der Waals surface area contributed by atoms with Crippen LogP contribution in [-0.4, -0.2) is 65.1 Å². The van der Waals surface area contributed by atoms with Crippen LogP contribution < -0.4 is 4.90 Å². The third-order valence-electron chi connectivity index (χ3n) is 7.91. The van der Waals surface area contributed by atoms with Crippen LogP contribution in [0.15, 0.2) is 30.3 Å². The fourth-order valence-corrected chi connectivity index (χ4v) is 7.27. The van der Waals surface area contributed by atoms with E-state index in [1.807, 2.05) is 11.3 Å². The molecule has 1 aliphatic carbocycles. The van der Waals surface area contributed by atoms with E-state index in [9.17, 15) is 0 Å². The van der Waals surface area contributed by atoms with Gasteiger partial charge in [-0.25, -0.2) is 9.97 Å². The lowest BCUT2D eigenvalue weighted by Gasteiger charge is -2.39. The summed E-state index contributed by atoms with van der Waals surface area (Å²) in [5.41, 5.74) is 2.81. The summed E-state index contributed by atoms with van der Waals surface area (Å²) in [6.07, 6.45) is 7.54. The minimum absolute atomic E-state index is 0.801. The Morgan fingerprint density at radius 2 is 1.76 bits per heavy atom. The SMILES string of the molecule is CCN1CCc2c(sc3nc(Cc4ccccc4)nc(N4CCN(C5CCCC5)CC4)c23)C1. The van der Waals surface area contributed by atoms with Crippen molar-refractivity contribution in [3.05, 3.63) is 52.2 Å². The number of aromatic nitrogens is 2. The molecule has 0 amide bonds. The van der Waals surface area contributed by atoms with Crippen molar-refractivity contribution in [2.24, 2.45) is 0 Å². The molecule has 6 rings (SSSR count). The fourth-order valence-electron chi connectivity index (χ4n) is 6.00. The molecule has 5 nitrogen and oxygen atoms in total. The Labute approximate surface area is 201 Å². The van der Waals surface area contributed by atoms with Gasteiger partial charge in [0, 0.05) is 56.6 Å². The molecule has 1 saturated heterocycles. The number of thiophene rings is 1. The summed E-state index contributed by atoms with van der Waals surface area (Å²) < 4.78 is 0. The van der Waals surface area contributed by atoms with Crippen molar-refractivity contribution in [3.63, 3.8) is 0 Å². The standard InChI is InChI=1S/C27H35N5S/c1-2-30-13-12-22-23(19-30)33-27-25(22)26(28-24(29-27)18-20-8-4-3-5-9-20)32-16-14-31(15-17-32)21-10-6-7-11-21/h3-5,8-9,21H,2,6-7,10-19H2,1H3. The molecule has 2 aliphatic heterocycles. The van der Waals surface area contributed by atoms with Crippen molar-refractivity contribution >= 4 is 27.4 Å². The van der Waals surface area contributed by atoms with Gasteiger partial charge in [-0.1, -0.05) is 50.1 Å². The molecule has 4 heterocycles. The van der Waals surface area contributed by atoms with E-state index in [-0.39, 0.29) is 0 Å². The largest absolute Gasteiger partial charge is 0.353 e. The molecule has 33 heavy (non-hydrogen) atoms. The Morgan fingerprint density at radius 1 is 0.970 bits per heavy atom. The van der Waals surface area contributed by atoms with Crippen molar-refractivity contribution in [2.45, 2.75) is 58.0 Å². The number of anilines is 1. The van der Waals surface area contributed by atoms with Crippen molar-refractivity contribution in [1.29, 1.82) is 0 Å². The van der Waals surface area contributed by atoms with Gasteiger partial charge in [-0.15, -0.1) is 11.3 Å². The predicted octanol–water partition coefficient (Wildman–Crippen LogP) is 4.72. The molecule has 0 spiro atoms. The summed E-state index contributed by atoms with van der Waals surface area (Å²) in [4.78, 5) is 20.9. The first-order valence-electron chi connectivity index (χ1n) is 12.8. The summed E-state index contributed by atoms with van der Waals surface area (Å²) in [6, 6.07) is 11.5. The second-order valence-corrected chi connectivity index (χ2v) is 11.0. The van der Waals surface area contributed by atoms with E-state index in [4.69, 9.17) is 9.97 Å². The third-order valence-corrected chi connectivity index (χ3v) is 9.02. The summed E-state index contributed by atoms with van der Waals surface area (Å²) >= 11 is 1.91. The van der Waals surface area contributed by atoms with E-state index in [0.29, 0.717) is 0 Å². The molecular formula is C27H35N5S. The predicted molar refractivity (Wildman–Crippen MR) is 137 cm³/mol. The van der Waals surface area contributed by atoms with Crippen LogP contribution >= 0.6 is 11.3 Å². The number of fused-ring (bicyclic) bond motifs is 3. The average Bonchev–Trinajstić information content (AvgIpc) is 3.52. The van der Waals surface area contributed by atoms with Crippen LogP contribution in [0.3, 0.4) is 0 Å². The lowest BCUT2D eigenvalue weighted by molar-refractivity contribution is 0.187. The summed E-state index contributed by atoms with van der Waals surface area (Å²) in [6.45, 7) is 10.1. The molecule has 1 aromatic carbocycles. The highest BCUT2D eigenvalue weighted by Gasteiger charge is 2.30. The number of hydrogen-bond donors (Lipinski definition) is 0. The molecule has 1 saturated carbocycles. The van der Waals surface area contributed by atoms with Crippen LogP contribution in [0.4, 0.5) is 5.82 Å². The highest BCUT2D eigenvalue weighted by molar-refractivity contribution is 7.19. The van der Waals surface area contributed by atoms with Crippen LogP contribution in [-0.2, 0) is 19.4 Å². The Kier molecular flexibility index (Phi) is 6.07. The maximum atomic E-state index is 5.25. The first-order valence-corrected chi connectivity index (χ1v) is 13.7. The summed E-state index contributed by atoms with van der Waals surface area (Å²) in [5.74, 6) is 2.17. The zero-order valence-corrected chi connectivity index (χ0v) is 20.6. The molecule has 6 heteroatoms. The van der Waals surface area contributed by atoms with Gasteiger partial charge in [-0.3, -0.25) is 9.80 Å². The molecule has 0 radical (unpaired) electrons. The quantitative estimate of drug-likeness (QED) is 0.549. The van der Waals surface area contributed by atoms with Gasteiger partial charge >= 0.3 is 0 Å². The monoisotopic (exact) mass is 461 g/mol. The Balaban J connectivity index is 1.35. The first kappa shape index (κ1) is 21.5. The van der Waals surface area contributed by atoms with Gasteiger partial charge in [0.25, 0.3) is 0 Å². The molecule has 2 fully saturated rings. The Bertz CT molecular complexity index is 1100.